The number of aliphatic imine (C=N–C) groups is 1. The molecule has 0 aliphatic carbocycles. The molecule has 1 aliphatic rings. The Hall–Kier alpha value is -0.820. The number of rotatable bonds is 9. The first-order valence-electron chi connectivity index (χ1n) is 8.72. The summed E-state index contributed by atoms with van der Waals surface area (Å²) in [5, 5.41) is 6.53. The molecule has 1 saturated heterocycles. The van der Waals surface area contributed by atoms with Gasteiger partial charge in [-0.15, -0.1) is 0 Å². The van der Waals surface area contributed by atoms with Crippen molar-refractivity contribution in [3.63, 3.8) is 0 Å². The van der Waals surface area contributed by atoms with E-state index in [0.29, 0.717) is 18.2 Å². The lowest BCUT2D eigenvalue weighted by molar-refractivity contribution is 0.0258. The zero-order valence-electron chi connectivity index (χ0n) is 15.0. The van der Waals surface area contributed by atoms with Crippen LogP contribution in [0.25, 0.3) is 0 Å². The summed E-state index contributed by atoms with van der Waals surface area (Å²) >= 11 is 0. The monoisotopic (exact) mass is 347 g/mol. The smallest absolute Gasteiger partial charge is 0.191 e. The molecule has 6 nitrogen and oxygen atoms in total. The lowest BCUT2D eigenvalue weighted by Crippen LogP contribution is -2.39. The molecule has 1 aliphatic heterocycles. The summed E-state index contributed by atoms with van der Waals surface area (Å²) in [6, 6.07) is 0. The van der Waals surface area contributed by atoms with E-state index in [0.717, 1.165) is 38.5 Å². The van der Waals surface area contributed by atoms with Gasteiger partial charge in [0.15, 0.2) is 15.8 Å². The summed E-state index contributed by atoms with van der Waals surface area (Å²) in [5.74, 6) is 1.98. The fraction of sp³-hybridized carbons (Fsp3) is 0.938. The lowest BCUT2D eigenvalue weighted by Gasteiger charge is -2.21. The van der Waals surface area contributed by atoms with Gasteiger partial charge in [0.25, 0.3) is 0 Å². The van der Waals surface area contributed by atoms with Gasteiger partial charge in [0.2, 0.25) is 0 Å². The summed E-state index contributed by atoms with van der Waals surface area (Å²) in [4.78, 5) is 4.54. The van der Waals surface area contributed by atoms with Gasteiger partial charge in [0.05, 0.1) is 17.6 Å². The van der Waals surface area contributed by atoms with Crippen molar-refractivity contribution in [3.8, 4) is 0 Å². The van der Waals surface area contributed by atoms with E-state index in [4.69, 9.17) is 4.74 Å². The first-order chi connectivity index (χ1) is 10.9. The predicted octanol–water partition coefficient (Wildman–Crippen LogP) is 1.43. The average Bonchev–Trinajstić information content (AvgIpc) is 2.83. The van der Waals surface area contributed by atoms with Crippen molar-refractivity contribution in [2.75, 3.05) is 37.7 Å². The van der Waals surface area contributed by atoms with Gasteiger partial charge in [-0.25, -0.2) is 8.42 Å². The highest BCUT2D eigenvalue weighted by atomic mass is 32.2. The zero-order chi connectivity index (χ0) is 17.3. The highest BCUT2D eigenvalue weighted by Gasteiger charge is 2.27. The van der Waals surface area contributed by atoms with Gasteiger partial charge in [-0.1, -0.05) is 13.8 Å². The number of hydrogen-bond donors (Lipinski definition) is 2. The van der Waals surface area contributed by atoms with Gasteiger partial charge in [-0.2, -0.15) is 0 Å². The van der Waals surface area contributed by atoms with Crippen LogP contribution in [0.3, 0.4) is 0 Å². The molecule has 136 valence electrons. The first kappa shape index (κ1) is 20.2. The highest BCUT2D eigenvalue weighted by molar-refractivity contribution is 7.91. The second-order valence-corrected chi connectivity index (χ2v) is 8.67. The molecule has 2 atom stereocenters. The van der Waals surface area contributed by atoms with Gasteiger partial charge in [0.1, 0.15) is 0 Å². The van der Waals surface area contributed by atoms with Crippen LogP contribution in [-0.4, -0.2) is 58.2 Å². The molecule has 2 unspecified atom stereocenters. The van der Waals surface area contributed by atoms with E-state index in [-0.39, 0.29) is 17.8 Å². The molecule has 0 bridgehead atoms. The summed E-state index contributed by atoms with van der Waals surface area (Å²) < 4.78 is 28.7. The predicted molar refractivity (Wildman–Crippen MR) is 95.6 cm³/mol. The number of nitrogens with one attached hydrogen (secondary N) is 2. The lowest BCUT2D eigenvalue weighted by atomic mass is 10.0. The molecule has 0 aromatic heterocycles. The summed E-state index contributed by atoms with van der Waals surface area (Å²) in [5.41, 5.74) is 0. The molecule has 0 aromatic carbocycles. The number of sulfone groups is 1. The van der Waals surface area contributed by atoms with Crippen molar-refractivity contribution in [1.82, 2.24) is 10.6 Å². The molecule has 0 saturated carbocycles. The number of guanidine groups is 1. The van der Waals surface area contributed by atoms with E-state index in [1.165, 1.54) is 0 Å². The number of ether oxygens (including phenoxy) is 1. The van der Waals surface area contributed by atoms with Crippen LogP contribution in [0.4, 0.5) is 0 Å². The Morgan fingerprint density at radius 1 is 1.30 bits per heavy atom. The van der Waals surface area contributed by atoms with E-state index in [9.17, 15) is 8.42 Å². The SMILES string of the molecule is CCNC(=NCC1CCS(=O)(=O)C1)NCCC(OCC)C(C)C. The third kappa shape index (κ3) is 8.01. The summed E-state index contributed by atoms with van der Waals surface area (Å²) in [7, 11) is -2.83. The Labute approximate surface area is 141 Å². The Bertz CT molecular complexity index is 463. The minimum absolute atomic E-state index is 0.155. The normalized spacial score (nSPS) is 22.3. The van der Waals surface area contributed by atoms with Crippen LogP contribution < -0.4 is 10.6 Å². The van der Waals surface area contributed by atoms with Crippen molar-refractivity contribution in [1.29, 1.82) is 0 Å². The van der Waals surface area contributed by atoms with E-state index in [1.54, 1.807) is 0 Å². The van der Waals surface area contributed by atoms with Crippen molar-refractivity contribution < 1.29 is 13.2 Å². The molecule has 0 aromatic rings. The molecule has 1 rings (SSSR count). The molecular weight excluding hydrogens is 314 g/mol. The van der Waals surface area contributed by atoms with Crippen molar-refractivity contribution in [2.24, 2.45) is 16.8 Å². The Morgan fingerprint density at radius 2 is 2.04 bits per heavy atom. The van der Waals surface area contributed by atoms with Gasteiger partial charge in [-0.05, 0) is 38.5 Å². The minimum atomic E-state index is -2.83. The molecule has 1 heterocycles. The Kier molecular flexibility index (Phi) is 8.91. The standard InChI is InChI=1S/C16H33N3O3S/c1-5-17-16(18-9-7-15(13(3)4)22-6-2)19-11-14-8-10-23(20,21)12-14/h13-15H,5-12H2,1-4H3,(H2,17,18,19). The van der Waals surface area contributed by atoms with Gasteiger partial charge >= 0.3 is 0 Å². The molecule has 0 amide bonds. The zero-order valence-corrected chi connectivity index (χ0v) is 15.8. The quantitative estimate of drug-likeness (QED) is 0.487. The van der Waals surface area contributed by atoms with E-state index >= 15 is 0 Å². The maximum Gasteiger partial charge on any atom is 0.191 e. The van der Waals surface area contributed by atoms with Crippen molar-refractivity contribution in [3.05, 3.63) is 0 Å². The molecule has 2 N–H and O–H groups in total. The maximum atomic E-state index is 11.5. The van der Waals surface area contributed by atoms with Crippen LogP contribution in [0.1, 0.15) is 40.5 Å². The topological polar surface area (TPSA) is 79.8 Å². The van der Waals surface area contributed by atoms with Crippen LogP contribution in [0, 0.1) is 11.8 Å². The van der Waals surface area contributed by atoms with Crippen LogP contribution in [0.15, 0.2) is 4.99 Å². The second-order valence-electron chi connectivity index (χ2n) is 6.44. The van der Waals surface area contributed by atoms with Crippen LogP contribution >= 0.6 is 0 Å². The highest BCUT2D eigenvalue weighted by Crippen LogP contribution is 2.18. The molecule has 0 radical (unpaired) electrons. The third-order valence-corrected chi connectivity index (χ3v) is 5.86. The van der Waals surface area contributed by atoms with E-state index in [1.807, 2.05) is 13.8 Å². The van der Waals surface area contributed by atoms with Crippen molar-refractivity contribution >= 4 is 15.8 Å². The Morgan fingerprint density at radius 3 is 2.57 bits per heavy atom. The fourth-order valence-corrected chi connectivity index (χ4v) is 4.58. The van der Waals surface area contributed by atoms with Gasteiger partial charge < -0.3 is 15.4 Å². The van der Waals surface area contributed by atoms with Crippen molar-refractivity contribution in [2.45, 2.75) is 46.6 Å². The maximum absolute atomic E-state index is 11.5. The van der Waals surface area contributed by atoms with E-state index in [2.05, 4.69) is 29.5 Å². The Balaban J connectivity index is 2.43. The van der Waals surface area contributed by atoms with Gasteiger partial charge in [-0.3, -0.25) is 4.99 Å². The van der Waals surface area contributed by atoms with Crippen LogP contribution in [0.5, 0.6) is 0 Å². The summed E-state index contributed by atoms with van der Waals surface area (Å²) in [6.07, 6.45) is 1.90. The number of hydrogen-bond acceptors (Lipinski definition) is 4. The molecule has 1 fully saturated rings. The van der Waals surface area contributed by atoms with Crippen LogP contribution in [-0.2, 0) is 14.6 Å². The molecular formula is C16H33N3O3S. The largest absolute Gasteiger partial charge is 0.378 e. The number of nitrogens with zero attached hydrogens (tertiary/aromatic N) is 1. The van der Waals surface area contributed by atoms with E-state index < -0.39 is 9.84 Å². The second kappa shape index (κ2) is 10.1. The molecule has 7 heteroatoms. The van der Waals surface area contributed by atoms with Crippen LogP contribution in [0.2, 0.25) is 0 Å². The summed E-state index contributed by atoms with van der Waals surface area (Å²) in [6.45, 7) is 11.2. The molecule has 0 spiro atoms. The minimum Gasteiger partial charge on any atom is -0.378 e. The average molecular weight is 348 g/mol. The van der Waals surface area contributed by atoms with Gasteiger partial charge in [0, 0.05) is 26.2 Å². The third-order valence-electron chi connectivity index (χ3n) is 4.02. The fourth-order valence-electron chi connectivity index (χ4n) is 2.73. The first-order valence-corrected chi connectivity index (χ1v) is 10.5. The molecule has 23 heavy (non-hydrogen) atoms.